The second-order valence-electron chi connectivity index (χ2n) is 6.32. The maximum Gasteiger partial charge on any atom is 0.232 e. The summed E-state index contributed by atoms with van der Waals surface area (Å²) in [5, 5.41) is 3.40. The highest BCUT2D eigenvalue weighted by atomic mass is 16.5. The molecular weight excluding hydrogens is 254 g/mol. The zero-order valence-corrected chi connectivity index (χ0v) is 12.7. The highest BCUT2D eigenvalue weighted by molar-refractivity contribution is 5.08. The maximum atomic E-state index is 5.76. The summed E-state index contributed by atoms with van der Waals surface area (Å²) < 4.78 is 11.1. The van der Waals surface area contributed by atoms with Crippen molar-refractivity contribution in [3.8, 4) is 5.88 Å². The first kappa shape index (κ1) is 15.2. The normalized spacial score (nSPS) is 17.1. The van der Waals surface area contributed by atoms with Crippen LogP contribution in [0.25, 0.3) is 0 Å². The Morgan fingerprint density at radius 3 is 2.75 bits per heavy atom. The zero-order chi connectivity index (χ0) is 14.4. The van der Waals surface area contributed by atoms with Gasteiger partial charge in [0.1, 0.15) is 0 Å². The van der Waals surface area contributed by atoms with Crippen LogP contribution in [0.3, 0.4) is 0 Å². The third kappa shape index (κ3) is 5.43. The van der Waals surface area contributed by atoms with Gasteiger partial charge in [0.05, 0.1) is 18.5 Å². The van der Waals surface area contributed by atoms with E-state index in [4.69, 9.17) is 9.47 Å². The van der Waals surface area contributed by atoms with Gasteiger partial charge in [-0.3, -0.25) is 4.98 Å². The van der Waals surface area contributed by atoms with Crippen LogP contribution in [-0.2, 0) is 11.3 Å². The third-order valence-corrected chi connectivity index (χ3v) is 3.27. The highest BCUT2D eigenvalue weighted by Crippen LogP contribution is 2.16. The molecule has 0 saturated carbocycles. The SMILES string of the molecule is CC(C)(C)NCc1cncc(OCC2CCOCC2)n1. The molecule has 2 heterocycles. The fraction of sp³-hybridized carbons (Fsp3) is 0.733. The van der Waals surface area contributed by atoms with Gasteiger partial charge in [0.2, 0.25) is 5.88 Å². The first-order valence-corrected chi connectivity index (χ1v) is 7.29. The molecule has 0 unspecified atom stereocenters. The van der Waals surface area contributed by atoms with Crippen LogP contribution in [0.1, 0.15) is 39.3 Å². The summed E-state index contributed by atoms with van der Waals surface area (Å²) in [7, 11) is 0. The fourth-order valence-electron chi connectivity index (χ4n) is 2.01. The number of nitrogens with one attached hydrogen (secondary N) is 1. The maximum absolute atomic E-state index is 5.76. The Bertz CT molecular complexity index is 412. The molecule has 1 aromatic rings. The summed E-state index contributed by atoms with van der Waals surface area (Å²) in [4.78, 5) is 8.68. The molecule has 20 heavy (non-hydrogen) atoms. The Labute approximate surface area is 121 Å². The van der Waals surface area contributed by atoms with E-state index in [2.05, 4.69) is 36.1 Å². The average molecular weight is 279 g/mol. The van der Waals surface area contributed by atoms with Gasteiger partial charge in [0.15, 0.2) is 0 Å². The molecule has 0 aromatic carbocycles. The number of nitrogens with zero attached hydrogens (tertiary/aromatic N) is 2. The van der Waals surface area contributed by atoms with Crippen molar-refractivity contribution in [1.29, 1.82) is 0 Å². The number of rotatable bonds is 5. The predicted octanol–water partition coefficient (Wildman–Crippen LogP) is 2.17. The molecule has 0 aliphatic carbocycles. The smallest absolute Gasteiger partial charge is 0.232 e. The third-order valence-electron chi connectivity index (χ3n) is 3.27. The van der Waals surface area contributed by atoms with Crippen molar-refractivity contribution in [1.82, 2.24) is 15.3 Å². The molecule has 112 valence electrons. The molecule has 5 nitrogen and oxygen atoms in total. The molecule has 0 bridgehead atoms. The lowest BCUT2D eigenvalue weighted by Crippen LogP contribution is -2.35. The van der Waals surface area contributed by atoms with Gasteiger partial charge in [-0.1, -0.05) is 0 Å². The van der Waals surface area contributed by atoms with E-state index >= 15 is 0 Å². The molecule has 0 spiro atoms. The van der Waals surface area contributed by atoms with Crippen molar-refractivity contribution in [2.45, 2.75) is 45.7 Å². The molecule has 0 atom stereocenters. The lowest BCUT2D eigenvalue weighted by molar-refractivity contribution is 0.0489. The molecule has 5 heteroatoms. The Morgan fingerprint density at radius 2 is 2.05 bits per heavy atom. The summed E-state index contributed by atoms with van der Waals surface area (Å²) >= 11 is 0. The second-order valence-corrected chi connectivity index (χ2v) is 6.32. The van der Waals surface area contributed by atoms with Crippen molar-refractivity contribution in [3.05, 3.63) is 18.1 Å². The standard InChI is InChI=1S/C15H25N3O2/c1-15(2,3)17-9-13-8-16-10-14(18-13)20-11-12-4-6-19-7-5-12/h8,10,12,17H,4-7,9,11H2,1-3H3. The molecule has 1 aliphatic rings. The van der Waals surface area contributed by atoms with Crippen LogP contribution in [0.15, 0.2) is 12.4 Å². The van der Waals surface area contributed by atoms with E-state index in [0.717, 1.165) is 31.7 Å². The van der Waals surface area contributed by atoms with Crippen molar-refractivity contribution >= 4 is 0 Å². The van der Waals surface area contributed by atoms with Crippen molar-refractivity contribution < 1.29 is 9.47 Å². The molecule has 1 aliphatic heterocycles. The molecule has 0 amide bonds. The lowest BCUT2D eigenvalue weighted by Gasteiger charge is -2.22. The monoisotopic (exact) mass is 279 g/mol. The van der Waals surface area contributed by atoms with E-state index in [1.54, 1.807) is 12.4 Å². The van der Waals surface area contributed by atoms with Crippen LogP contribution >= 0.6 is 0 Å². The Hall–Kier alpha value is -1.20. The largest absolute Gasteiger partial charge is 0.476 e. The van der Waals surface area contributed by atoms with Gasteiger partial charge in [-0.15, -0.1) is 0 Å². The van der Waals surface area contributed by atoms with E-state index < -0.39 is 0 Å². The zero-order valence-electron chi connectivity index (χ0n) is 12.7. The molecule has 1 saturated heterocycles. The molecular formula is C15H25N3O2. The molecule has 2 rings (SSSR count). The number of ether oxygens (including phenoxy) is 2. The van der Waals surface area contributed by atoms with Gasteiger partial charge in [0, 0.05) is 31.5 Å². The van der Waals surface area contributed by atoms with Crippen LogP contribution in [0.2, 0.25) is 0 Å². The molecule has 1 fully saturated rings. The van der Waals surface area contributed by atoms with Crippen LogP contribution < -0.4 is 10.1 Å². The first-order chi connectivity index (χ1) is 9.53. The van der Waals surface area contributed by atoms with Crippen molar-refractivity contribution in [2.75, 3.05) is 19.8 Å². The van der Waals surface area contributed by atoms with Crippen molar-refractivity contribution in [2.24, 2.45) is 5.92 Å². The summed E-state index contributed by atoms with van der Waals surface area (Å²) in [5.41, 5.74) is 0.977. The van der Waals surface area contributed by atoms with E-state index in [1.807, 2.05) is 0 Å². The van der Waals surface area contributed by atoms with Gasteiger partial charge in [-0.05, 0) is 39.5 Å². The van der Waals surface area contributed by atoms with Gasteiger partial charge < -0.3 is 14.8 Å². The Balaban J connectivity index is 1.82. The predicted molar refractivity (Wildman–Crippen MR) is 77.7 cm³/mol. The van der Waals surface area contributed by atoms with E-state index in [-0.39, 0.29) is 5.54 Å². The molecule has 0 radical (unpaired) electrons. The fourth-order valence-corrected chi connectivity index (χ4v) is 2.01. The number of hydrogen-bond donors (Lipinski definition) is 1. The lowest BCUT2D eigenvalue weighted by atomic mass is 10.0. The van der Waals surface area contributed by atoms with Crippen LogP contribution in [0.5, 0.6) is 5.88 Å². The van der Waals surface area contributed by atoms with E-state index in [9.17, 15) is 0 Å². The second kappa shape index (κ2) is 6.99. The van der Waals surface area contributed by atoms with Gasteiger partial charge in [-0.25, -0.2) is 4.98 Å². The van der Waals surface area contributed by atoms with E-state index in [1.165, 1.54) is 0 Å². The van der Waals surface area contributed by atoms with Crippen LogP contribution in [0.4, 0.5) is 0 Å². The van der Waals surface area contributed by atoms with Crippen LogP contribution in [0, 0.1) is 5.92 Å². The molecule has 1 N–H and O–H groups in total. The Kier molecular flexibility index (Phi) is 5.31. The average Bonchev–Trinajstić information content (AvgIpc) is 2.44. The highest BCUT2D eigenvalue weighted by Gasteiger charge is 2.15. The Morgan fingerprint density at radius 1 is 1.30 bits per heavy atom. The van der Waals surface area contributed by atoms with Crippen molar-refractivity contribution in [3.63, 3.8) is 0 Å². The topological polar surface area (TPSA) is 56.3 Å². The minimum Gasteiger partial charge on any atom is -0.476 e. The number of hydrogen-bond acceptors (Lipinski definition) is 5. The number of aromatic nitrogens is 2. The first-order valence-electron chi connectivity index (χ1n) is 7.29. The summed E-state index contributed by atoms with van der Waals surface area (Å²) in [6, 6.07) is 0. The van der Waals surface area contributed by atoms with Gasteiger partial charge in [-0.2, -0.15) is 0 Å². The van der Waals surface area contributed by atoms with Gasteiger partial charge >= 0.3 is 0 Å². The summed E-state index contributed by atoms with van der Waals surface area (Å²) in [5.74, 6) is 1.19. The van der Waals surface area contributed by atoms with Crippen LogP contribution in [-0.4, -0.2) is 35.3 Å². The van der Waals surface area contributed by atoms with E-state index in [0.29, 0.717) is 24.9 Å². The quantitative estimate of drug-likeness (QED) is 0.895. The summed E-state index contributed by atoms with van der Waals surface area (Å²) in [6.45, 7) is 9.48. The minimum atomic E-state index is 0.0701. The molecule has 1 aromatic heterocycles. The summed E-state index contributed by atoms with van der Waals surface area (Å²) in [6.07, 6.45) is 5.59. The minimum absolute atomic E-state index is 0.0701. The van der Waals surface area contributed by atoms with Gasteiger partial charge in [0.25, 0.3) is 0 Å².